The first-order valence-corrected chi connectivity index (χ1v) is 10.3. The highest BCUT2D eigenvalue weighted by atomic mass is 35.5. The van der Waals surface area contributed by atoms with Crippen molar-refractivity contribution in [2.75, 3.05) is 11.1 Å². The molecule has 0 fully saturated rings. The van der Waals surface area contributed by atoms with Gasteiger partial charge in [0.25, 0.3) is 0 Å². The lowest BCUT2D eigenvalue weighted by Crippen LogP contribution is -2.29. The average Bonchev–Trinajstić information content (AvgIpc) is 3.03. The first-order valence-electron chi connectivity index (χ1n) is 8.11. The predicted molar refractivity (Wildman–Crippen MR) is 108 cm³/mol. The summed E-state index contributed by atoms with van der Waals surface area (Å²) in [6, 6.07) is 12.0. The van der Waals surface area contributed by atoms with Crippen molar-refractivity contribution in [1.82, 2.24) is 0 Å². The number of fused-ring (bicyclic) bond motifs is 3. The second kappa shape index (κ2) is 7.69. The van der Waals surface area contributed by atoms with E-state index in [4.69, 9.17) is 46.5 Å². The largest absolute Gasteiger partial charge is 0.399 e. The van der Waals surface area contributed by atoms with Crippen molar-refractivity contribution in [2.24, 2.45) is 5.92 Å². The summed E-state index contributed by atoms with van der Waals surface area (Å²) in [4.78, 5) is 0. The van der Waals surface area contributed by atoms with Crippen LogP contribution in [0.3, 0.4) is 0 Å². The van der Waals surface area contributed by atoms with Crippen LogP contribution in [0.2, 0.25) is 10.0 Å². The fourth-order valence-corrected chi connectivity index (χ4v) is 4.20. The van der Waals surface area contributed by atoms with Crippen LogP contribution in [0.25, 0.3) is 0 Å². The second-order valence-corrected chi connectivity index (χ2v) is 8.18. The van der Waals surface area contributed by atoms with Crippen LogP contribution in [0.1, 0.15) is 29.5 Å². The van der Waals surface area contributed by atoms with E-state index in [-0.39, 0.29) is 6.04 Å². The van der Waals surface area contributed by atoms with Crippen LogP contribution in [-0.4, -0.2) is 17.5 Å². The molecule has 4 rings (SSSR count). The third-order valence-electron chi connectivity index (χ3n) is 4.68. The van der Waals surface area contributed by atoms with Gasteiger partial charge < -0.3 is 11.1 Å². The Hall–Kier alpha value is -1.77. The number of nitrogens with one attached hydrogen (secondary N) is 1. The smallest absolute Gasteiger partial charge is 0.394 e. The highest BCUT2D eigenvalue weighted by Crippen LogP contribution is 2.51. The summed E-state index contributed by atoms with van der Waals surface area (Å²) in [5.74, 6) is 0.837. The molecule has 0 saturated carbocycles. The number of allylic oxidation sites excluding steroid dienone is 2. The van der Waals surface area contributed by atoms with Crippen molar-refractivity contribution in [3.63, 3.8) is 0 Å². The highest BCUT2D eigenvalue weighted by Gasteiger charge is 2.38. The molecular formula is C18H18Cl2N2O4S. The molecule has 1 heterocycles. The Morgan fingerprint density at radius 3 is 2.44 bits per heavy atom. The lowest BCUT2D eigenvalue weighted by molar-refractivity contribution is 0.381. The molecule has 0 aromatic heterocycles. The highest BCUT2D eigenvalue weighted by molar-refractivity contribution is 7.79. The van der Waals surface area contributed by atoms with Gasteiger partial charge in [0.2, 0.25) is 0 Å². The molecule has 5 N–H and O–H groups in total. The normalized spacial score (nSPS) is 22.9. The maximum Gasteiger partial charge on any atom is 0.394 e. The minimum Gasteiger partial charge on any atom is -0.399 e. The predicted octanol–water partition coefficient (Wildman–Crippen LogP) is 4.75. The van der Waals surface area contributed by atoms with Gasteiger partial charge in [0, 0.05) is 27.3 Å². The van der Waals surface area contributed by atoms with E-state index in [1.165, 1.54) is 5.56 Å². The number of nitrogens with two attached hydrogens (primary N) is 1. The Morgan fingerprint density at radius 2 is 1.78 bits per heavy atom. The molecule has 0 bridgehead atoms. The Morgan fingerprint density at radius 1 is 1.07 bits per heavy atom. The van der Waals surface area contributed by atoms with Gasteiger partial charge in [-0.05, 0) is 53.8 Å². The SMILES string of the molecule is Nc1ccc2c(c1)C1C=CCC1C(c1ccc(Cl)cc1Cl)N2.O=S(=O)(O)O. The minimum atomic E-state index is -4.67. The molecule has 2 aliphatic rings. The van der Waals surface area contributed by atoms with Crippen molar-refractivity contribution in [2.45, 2.75) is 18.4 Å². The third kappa shape index (κ3) is 4.75. The lowest BCUT2D eigenvalue weighted by Gasteiger charge is -2.38. The molecule has 3 atom stereocenters. The molecular weight excluding hydrogens is 411 g/mol. The maximum absolute atomic E-state index is 8.74. The van der Waals surface area contributed by atoms with Crippen LogP contribution in [0, 0.1) is 5.92 Å². The molecule has 0 spiro atoms. The summed E-state index contributed by atoms with van der Waals surface area (Å²) in [5, 5.41) is 5.03. The minimum absolute atomic E-state index is 0.181. The van der Waals surface area contributed by atoms with Crippen molar-refractivity contribution >= 4 is 45.0 Å². The van der Waals surface area contributed by atoms with Gasteiger partial charge in [-0.1, -0.05) is 41.4 Å². The summed E-state index contributed by atoms with van der Waals surface area (Å²) in [7, 11) is -4.67. The van der Waals surface area contributed by atoms with E-state index in [2.05, 4.69) is 29.6 Å². The van der Waals surface area contributed by atoms with Gasteiger partial charge in [-0.25, -0.2) is 0 Å². The summed E-state index contributed by atoms with van der Waals surface area (Å²) in [6.07, 6.45) is 5.59. The van der Waals surface area contributed by atoms with Gasteiger partial charge in [-0.15, -0.1) is 0 Å². The topological polar surface area (TPSA) is 113 Å². The Labute approximate surface area is 167 Å². The van der Waals surface area contributed by atoms with E-state index in [0.29, 0.717) is 16.9 Å². The van der Waals surface area contributed by atoms with Crippen molar-refractivity contribution in [3.05, 3.63) is 69.7 Å². The molecule has 0 radical (unpaired) electrons. The Balaban J connectivity index is 0.000000376. The van der Waals surface area contributed by atoms with Crippen molar-refractivity contribution < 1.29 is 17.5 Å². The first kappa shape index (κ1) is 20.0. The molecule has 9 heteroatoms. The number of halogens is 2. The average molecular weight is 429 g/mol. The first-order chi connectivity index (χ1) is 12.6. The molecule has 1 aliphatic carbocycles. The molecule has 1 aliphatic heterocycles. The maximum atomic E-state index is 8.74. The number of rotatable bonds is 1. The van der Waals surface area contributed by atoms with E-state index in [1.54, 1.807) is 0 Å². The van der Waals surface area contributed by atoms with Crippen molar-refractivity contribution in [1.29, 1.82) is 0 Å². The van der Waals surface area contributed by atoms with Crippen LogP contribution in [0.5, 0.6) is 0 Å². The fourth-order valence-electron chi connectivity index (χ4n) is 3.67. The fraction of sp³-hybridized carbons (Fsp3) is 0.222. The zero-order valence-corrected chi connectivity index (χ0v) is 16.3. The number of hydrogen-bond donors (Lipinski definition) is 4. The van der Waals surface area contributed by atoms with Gasteiger partial charge >= 0.3 is 10.4 Å². The summed E-state index contributed by atoms with van der Waals surface area (Å²) < 4.78 is 31.6. The monoisotopic (exact) mass is 428 g/mol. The molecule has 6 nitrogen and oxygen atoms in total. The van der Waals surface area contributed by atoms with Crippen LogP contribution in [0.4, 0.5) is 11.4 Å². The van der Waals surface area contributed by atoms with E-state index in [1.807, 2.05) is 24.3 Å². The third-order valence-corrected chi connectivity index (χ3v) is 5.25. The molecule has 27 heavy (non-hydrogen) atoms. The van der Waals surface area contributed by atoms with Gasteiger partial charge in [-0.2, -0.15) is 8.42 Å². The molecule has 3 unspecified atom stereocenters. The van der Waals surface area contributed by atoms with Crippen LogP contribution in [0.15, 0.2) is 48.6 Å². The van der Waals surface area contributed by atoms with Crippen LogP contribution < -0.4 is 11.1 Å². The molecule has 2 aromatic rings. The number of benzene rings is 2. The zero-order valence-electron chi connectivity index (χ0n) is 14.0. The van der Waals surface area contributed by atoms with Gasteiger partial charge in [0.05, 0.1) is 6.04 Å². The van der Waals surface area contributed by atoms with E-state index in [9.17, 15) is 0 Å². The number of nitrogen functional groups attached to an aromatic ring is 1. The lowest BCUT2D eigenvalue weighted by atomic mass is 9.77. The molecule has 0 saturated heterocycles. The number of anilines is 2. The Kier molecular flexibility index (Phi) is 5.69. The van der Waals surface area contributed by atoms with Gasteiger partial charge in [-0.3, -0.25) is 9.11 Å². The van der Waals surface area contributed by atoms with Crippen molar-refractivity contribution in [3.8, 4) is 0 Å². The summed E-state index contributed by atoms with van der Waals surface area (Å²) in [6.45, 7) is 0. The van der Waals surface area contributed by atoms with Crippen LogP contribution >= 0.6 is 23.2 Å². The zero-order chi connectivity index (χ0) is 19.8. The standard InChI is InChI=1S/C18H16Cl2N2.H2O4S/c19-10-4-6-14(16(20)8-10)18-13-3-1-2-12(13)15-9-11(21)5-7-17(15)22-18;1-5(2,3)4/h1-2,4-9,12-13,18,22H,3,21H2;(H2,1,2,3,4). The van der Waals surface area contributed by atoms with Crippen LogP contribution in [-0.2, 0) is 10.4 Å². The molecule has 144 valence electrons. The van der Waals surface area contributed by atoms with Gasteiger partial charge in [0.1, 0.15) is 0 Å². The molecule has 2 aromatic carbocycles. The van der Waals surface area contributed by atoms with Gasteiger partial charge in [0.15, 0.2) is 0 Å². The summed E-state index contributed by atoms with van der Waals surface area (Å²) in [5.41, 5.74) is 10.3. The number of hydrogen-bond acceptors (Lipinski definition) is 4. The van der Waals surface area contributed by atoms with E-state index < -0.39 is 10.4 Å². The Bertz CT molecular complexity index is 987. The quantitative estimate of drug-likeness (QED) is 0.296. The summed E-state index contributed by atoms with van der Waals surface area (Å²) >= 11 is 12.5. The molecule has 0 amide bonds. The second-order valence-electron chi connectivity index (χ2n) is 6.44. The van der Waals surface area contributed by atoms with E-state index >= 15 is 0 Å². The van der Waals surface area contributed by atoms with E-state index in [0.717, 1.165) is 28.4 Å².